The lowest BCUT2D eigenvalue weighted by molar-refractivity contribution is -0.0505. The van der Waals surface area contributed by atoms with Gasteiger partial charge in [-0.25, -0.2) is 9.38 Å². The van der Waals surface area contributed by atoms with E-state index >= 15 is 0 Å². The van der Waals surface area contributed by atoms with E-state index in [1.165, 1.54) is 12.1 Å². The standard InChI is InChI=1S/C19H20F3N3O3.HI/c1-2-23-19(24-9-12-5-3-4-6-14(12)20)25-10-13-7-16-17(27-11-26-16)8-15(13)28-18(21)22;/h3-8,18H,2,9-11H2,1H3,(H2,23,24,25);1H. The van der Waals surface area contributed by atoms with Gasteiger partial charge >= 0.3 is 6.61 Å². The Bertz CT molecular complexity index is 853. The van der Waals surface area contributed by atoms with Gasteiger partial charge in [-0.3, -0.25) is 0 Å². The summed E-state index contributed by atoms with van der Waals surface area (Å²) in [5, 5.41) is 6.04. The predicted octanol–water partition coefficient (Wildman–Crippen LogP) is 4.03. The monoisotopic (exact) mass is 523 g/mol. The Kier molecular flexibility index (Phi) is 8.68. The molecule has 0 bridgehead atoms. The summed E-state index contributed by atoms with van der Waals surface area (Å²) in [5.41, 5.74) is 0.894. The summed E-state index contributed by atoms with van der Waals surface area (Å²) >= 11 is 0. The molecule has 0 amide bonds. The zero-order valence-corrected chi connectivity index (χ0v) is 17.9. The van der Waals surface area contributed by atoms with E-state index in [-0.39, 0.29) is 55.4 Å². The number of hydrogen-bond donors (Lipinski definition) is 2. The quantitative estimate of drug-likeness (QED) is 0.326. The lowest BCUT2D eigenvalue weighted by Crippen LogP contribution is -2.37. The molecule has 0 aromatic heterocycles. The van der Waals surface area contributed by atoms with Gasteiger partial charge in [0.25, 0.3) is 0 Å². The summed E-state index contributed by atoms with van der Waals surface area (Å²) in [6.45, 7) is -0.235. The Balaban J connectivity index is 0.00000300. The van der Waals surface area contributed by atoms with E-state index in [0.717, 1.165) is 0 Å². The van der Waals surface area contributed by atoms with Crippen LogP contribution in [0.2, 0.25) is 0 Å². The molecular weight excluding hydrogens is 502 g/mol. The molecule has 0 atom stereocenters. The van der Waals surface area contributed by atoms with Crippen LogP contribution in [0.1, 0.15) is 18.1 Å². The Morgan fingerprint density at radius 3 is 2.55 bits per heavy atom. The van der Waals surface area contributed by atoms with Crippen molar-refractivity contribution >= 4 is 29.9 Å². The highest BCUT2D eigenvalue weighted by atomic mass is 127. The smallest absolute Gasteiger partial charge is 0.387 e. The first-order chi connectivity index (χ1) is 13.6. The van der Waals surface area contributed by atoms with Crippen molar-refractivity contribution in [2.24, 2.45) is 4.99 Å². The van der Waals surface area contributed by atoms with Crippen molar-refractivity contribution in [1.29, 1.82) is 0 Å². The van der Waals surface area contributed by atoms with Crippen LogP contribution >= 0.6 is 24.0 Å². The highest BCUT2D eigenvalue weighted by molar-refractivity contribution is 14.0. The van der Waals surface area contributed by atoms with Gasteiger partial charge in [-0.1, -0.05) is 18.2 Å². The molecule has 10 heteroatoms. The van der Waals surface area contributed by atoms with Crippen LogP contribution < -0.4 is 24.8 Å². The topological polar surface area (TPSA) is 64.1 Å². The van der Waals surface area contributed by atoms with Gasteiger partial charge < -0.3 is 24.8 Å². The second-order valence-corrected chi connectivity index (χ2v) is 5.83. The number of halogens is 4. The average molecular weight is 523 g/mol. The molecule has 1 aliphatic heterocycles. The van der Waals surface area contributed by atoms with Gasteiger partial charge in [0.2, 0.25) is 6.79 Å². The molecule has 1 heterocycles. The van der Waals surface area contributed by atoms with Gasteiger partial charge in [-0.2, -0.15) is 8.78 Å². The summed E-state index contributed by atoms with van der Waals surface area (Å²) in [5.74, 6) is 0.831. The third-order valence-electron chi connectivity index (χ3n) is 3.93. The molecule has 158 valence electrons. The number of rotatable bonds is 7. The van der Waals surface area contributed by atoms with Crippen LogP contribution in [-0.4, -0.2) is 25.9 Å². The molecule has 0 radical (unpaired) electrons. The number of fused-ring (bicyclic) bond motifs is 1. The zero-order valence-electron chi connectivity index (χ0n) is 15.6. The zero-order chi connectivity index (χ0) is 19.9. The van der Waals surface area contributed by atoms with Gasteiger partial charge in [0.1, 0.15) is 11.6 Å². The second kappa shape index (κ2) is 11.0. The fraction of sp³-hybridized carbons (Fsp3) is 0.316. The maximum atomic E-state index is 13.8. The van der Waals surface area contributed by atoms with Crippen LogP contribution in [0.5, 0.6) is 17.2 Å². The summed E-state index contributed by atoms with van der Waals surface area (Å²) in [6.07, 6.45) is 0. The van der Waals surface area contributed by atoms with Crippen molar-refractivity contribution < 1.29 is 27.4 Å². The summed E-state index contributed by atoms with van der Waals surface area (Å²) in [7, 11) is 0. The van der Waals surface area contributed by atoms with E-state index in [0.29, 0.717) is 35.1 Å². The number of nitrogens with zero attached hydrogens (tertiary/aromatic N) is 1. The Hall–Kier alpha value is -2.37. The van der Waals surface area contributed by atoms with Crippen molar-refractivity contribution in [2.75, 3.05) is 13.3 Å². The van der Waals surface area contributed by atoms with E-state index in [9.17, 15) is 13.2 Å². The largest absolute Gasteiger partial charge is 0.454 e. The minimum atomic E-state index is -2.98. The highest BCUT2D eigenvalue weighted by Crippen LogP contribution is 2.39. The normalized spacial score (nSPS) is 12.5. The number of guanidine groups is 1. The Morgan fingerprint density at radius 1 is 1.14 bits per heavy atom. The maximum absolute atomic E-state index is 13.8. The van der Waals surface area contributed by atoms with Crippen molar-refractivity contribution in [3.63, 3.8) is 0 Å². The first kappa shape index (κ1) is 22.9. The fourth-order valence-electron chi connectivity index (χ4n) is 2.62. The third-order valence-corrected chi connectivity index (χ3v) is 3.93. The van der Waals surface area contributed by atoms with Gasteiger partial charge in [-0.05, 0) is 19.1 Å². The summed E-state index contributed by atoms with van der Waals surface area (Å²) < 4.78 is 54.3. The van der Waals surface area contributed by atoms with Crippen LogP contribution in [0.3, 0.4) is 0 Å². The molecule has 0 fully saturated rings. The molecule has 0 aliphatic carbocycles. The molecule has 2 aromatic rings. The van der Waals surface area contributed by atoms with Crippen LogP contribution in [-0.2, 0) is 13.1 Å². The molecule has 2 N–H and O–H groups in total. The van der Waals surface area contributed by atoms with E-state index < -0.39 is 6.61 Å². The molecule has 0 unspecified atom stereocenters. The minimum Gasteiger partial charge on any atom is -0.454 e. The van der Waals surface area contributed by atoms with E-state index in [1.54, 1.807) is 24.3 Å². The van der Waals surface area contributed by atoms with Crippen LogP contribution in [0.25, 0.3) is 0 Å². The van der Waals surface area contributed by atoms with Crippen molar-refractivity contribution in [3.05, 3.63) is 53.3 Å². The van der Waals surface area contributed by atoms with Crippen molar-refractivity contribution in [3.8, 4) is 17.2 Å². The van der Waals surface area contributed by atoms with E-state index in [2.05, 4.69) is 20.4 Å². The van der Waals surface area contributed by atoms with Gasteiger partial charge in [0.05, 0.1) is 6.54 Å². The summed E-state index contributed by atoms with van der Waals surface area (Å²) in [6, 6.07) is 9.32. The number of ether oxygens (including phenoxy) is 3. The Labute approximate surface area is 183 Å². The van der Waals surface area contributed by atoms with Crippen molar-refractivity contribution in [2.45, 2.75) is 26.6 Å². The third kappa shape index (κ3) is 6.31. The van der Waals surface area contributed by atoms with Crippen LogP contribution in [0.4, 0.5) is 13.2 Å². The fourth-order valence-corrected chi connectivity index (χ4v) is 2.62. The van der Waals surface area contributed by atoms with Gasteiger partial charge in [0, 0.05) is 30.3 Å². The molecule has 0 saturated heterocycles. The first-order valence-electron chi connectivity index (χ1n) is 8.69. The molecule has 1 aliphatic rings. The van der Waals surface area contributed by atoms with Crippen LogP contribution in [0.15, 0.2) is 41.4 Å². The Morgan fingerprint density at radius 2 is 1.86 bits per heavy atom. The number of hydrogen-bond acceptors (Lipinski definition) is 4. The highest BCUT2D eigenvalue weighted by Gasteiger charge is 2.20. The minimum absolute atomic E-state index is 0. The van der Waals surface area contributed by atoms with E-state index in [1.807, 2.05) is 6.92 Å². The van der Waals surface area contributed by atoms with E-state index in [4.69, 9.17) is 9.47 Å². The first-order valence-corrected chi connectivity index (χ1v) is 8.69. The molecule has 3 rings (SSSR count). The average Bonchev–Trinajstić information content (AvgIpc) is 3.11. The molecule has 29 heavy (non-hydrogen) atoms. The molecular formula is C19H21F3IN3O3. The number of alkyl halides is 2. The summed E-state index contributed by atoms with van der Waals surface area (Å²) in [4.78, 5) is 4.37. The predicted molar refractivity (Wildman–Crippen MR) is 113 cm³/mol. The number of benzene rings is 2. The lowest BCUT2D eigenvalue weighted by Gasteiger charge is -2.13. The lowest BCUT2D eigenvalue weighted by atomic mass is 10.1. The number of nitrogens with one attached hydrogen (secondary N) is 2. The molecule has 6 nitrogen and oxygen atoms in total. The maximum Gasteiger partial charge on any atom is 0.387 e. The molecule has 0 spiro atoms. The SMILES string of the molecule is CCNC(=NCc1cc2c(cc1OC(F)F)OCO2)NCc1ccccc1F.I. The second-order valence-electron chi connectivity index (χ2n) is 5.83. The van der Waals surface area contributed by atoms with Gasteiger partial charge in [0.15, 0.2) is 17.5 Å². The van der Waals surface area contributed by atoms with Crippen molar-refractivity contribution in [1.82, 2.24) is 10.6 Å². The van der Waals surface area contributed by atoms with Crippen LogP contribution in [0, 0.1) is 5.82 Å². The number of aliphatic imine (C=N–C) groups is 1. The molecule has 2 aromatic carbocycles. The van der Waals surface area contributed by atoms with Gasteiger partial charge in [-0.15, -0.1) is 24.0 Å². The molecule has 0 saturated carbocycles.